The molecule has 0 bridgehead atoms. The van der Waals surface area contributed by atoms with Crippen LogP contribution in [0.2, 0.25) is 0 Å². The van der Waals surface area contributed by atoms with E-state index in [-0.39, 0.29) is 36.6 Å². The topological polar surface area (TPSA) is 62.3 Å². The number of hydrogen-bond acceptors (Lipinski definition) is 3. The van der Waals surface area contributed by atoms with Gasteiger partial charge in [0, 0.05) is 38.1 Å². The van der Waals surface area contributed by atoms with Crippen molar-refractivity contribution in [3.8, 4) is 11.1 Å². The summed E-state index contributed by atoms with van der Waals surface area (Å²) >= 11 is 0. The Morgan fingerprint density at radius 1 is 1.08 bits per heavy atom. The van der Waals surface area contributed by atoms with Crippen LogP contribution in [0.5, 0.6) is 0 Å². The molecule has 0 aliphatic carbocycles. The number of halogens is 2. The van der Waals surface area contributed by atoms with Crippen LogP contribution in [0.4, 0.5) is 5.69 Å². The van der Waals surface area contributed by atoms with Gasteiger partial charge < -0.3 is 10.2 Å². The van der Waals surface area contributed by atoms with Crippen molar-refractivity contribution in [3.05, 3.63) is 48.3 Å². The summed E-state index contributed by atoms with van der Waals surface area (Å²) in [6.07, 6.45) is 6.06. The van der Waals surface area contributed by atoms with Gasteiger partial charge in [0.25, 0.3) is 0 Å². The maximum atomic E-state index is 12.4. The van der Waals surface area contributed by atoms with Gasteiger partial charge in [0.05, 0.1) is 6.42 Å². The molecule has 1 aliphatic heterocycles. The Bertz CT molecular complexity index is 745. The molecule has 0 radical (unpaired) electrons. The van der Waals surface area contributed by atoms with Crippen molar-refractivity contribution in [2.24, 2.45) is 0 Å². The molecule has 0 unspecified atom stereocenters. The maximum absolute atomic E-state index is 12.4. The third kappa shape index (κ3) is 5.44. The minimum atomic E-state index is -0.0939. The smallest absolute Gasteiger partial charge is 0.227 e. The first-order valence-electron chi connectivity index (χ1n) is 8.22. The normalized spacial score (nSPS) is 12.7. The van der Waals surface area contributed by atoms with Gasteiger partial charge in [-0.15, -0.1) is 24.8 Å². The lowest BCUT2D eigenvalue weighted by Crippen LogP contribution is -2.29. The van der Waals surface area contributed by atoms with Gasteiger partial charge in [-0.25, -0.2) is 0 Å². The molecule has 3 rings (SSSR count). The SMILES string of the molecule is CC(=O)Nc1ccc(-c2ccncc2CC(=O)N2CCCC2)cc1.Cl.Cl. The standard InChI is InChI=1S/C19H21N3O2.2ClH/c1-14(23)21-17-6-4-15(5-7-17)18-8-9-20-13-16(18)12-19(24)22-10-2-3-11-22;;/h4-9,13H,2-3,10-12H2,1H3,(H,21,23);2*1H. The van der Waals surface area contributed by atoms with Gasteiger partial charge >= 0.3 is 0 Å². The molecule has 1 aliphatic rings. The first-order chi connectivity index (χ1) is 11.6. The van der Waals surface area contributed by atoms with Crippen LogP contribution in [0.3, 0.4) is 0 Å². The van der Waals surface area contributed by atoms with Gasteiger partial charge in [0.15, 0.2) is 0 Å². The average molecular weight is 396 g/mol. The zero-order valence-corrected chi connectivity index (χ0v) is 16.2. The number of nitrogens with one attached hydrogen (secondary N) is 1. The highest BCUT2D eigenvalue weighted by atomic mass is 35.5. The molecule has 26 heavy (non-hydrogen) atoms. The summed E-state index contributed by atoms with van der Waals surface area (Å²) in [5, 5.41) is 2.76. The number of pyridine rings is 1. The van der Waals surface area contributed by atoms with E-state index in [1.165, 1.54) is 6.92 Å². The number of amides is 2. The van der Waals surface area contributed by atoms with E-state index >= 15 is 0 Å². The Labute approximate surface area is 166 Å². The van der Waals surface area contributed by atoms with Gasteiger partial charge in [-0.05, 0) is 47.7 Å². The fourth-order valence-corrected chi connectivity index (χ4v) is 3.03. The van der Waals surface area contributed by atoms with E-state index in [9.17, 15) is 9.59 Å². The van der Waals surface area contributed by atoms with Crippen LogP contribution in [0.15, 0.2) is 42.7 Å². The third-order valence-corrected chi connectivity index (χ3v) is 4.22. The van der Waals surface area contributed by atoms with Crippen LogP contribution in [0, 0.1) is 0 Å². The van der Waals surface area contributed by atoms with Gasteiger partial charge in [-0.1, -0.05) is 12.1 Å². The quantitative estimate of drug-likeness (QED) is 0.857. The molecular formula is C19H23Cl2N3O2. The predicted octanol–water partition coefficient (Wildman–Crippen LogP) is 3.72. The van der Waals surface area contributed by atoms with Crippen LogP contribution < -0.4 is 5.32 Å². The predicted molar refractivity (Wildman–Crippen MR) is 108 cm³/mol. The molecule has 5 nitrogen and oxygen atoms in total. The first-order valence-corrected chi connectivity index (χ1v) is 8.22. The third-order valence-electron chi connectivity index (χ3n) is 4.22. The summed E-state index contributed by atoms with van der Waals surface area (Å²) in [4.78, 5) is 29.6. The van der Waals surface area contributed by atoms with Crippen molar-refractivity contribution < 1.29 is 9.59 Å². The second-order valence-corrected chi connectivity index (χ2v) is 6.06. The highest BCUT2D eigenvalue weighted by Crippen LogP contribution is 2.25. The van der Waals surface area contributed by atoms with Crippen LogP contribution in [-0.2, 0) is 16.0 Å². The van der Waals surface area contributed by atoms with E-state index in [4.69, 9.17) is 0 Å². The maximum Gasteiger partial charge on any atom is 0.227 e. The van der Waals surface area contributed by atoms with Crippen molar-refractivity contribution in [1.82, 2.24) is 9.88 Å². The molecule has 2 aromatic rings. The summed E-state index contributed by atoms with van der Waals surface area (Å²) in [5.74, 6) is 0.0696. The van der Waals surface area contributed by atoms with E-state index < -0.39 is 0 Å². The van der Waals surface area contributed by atoms with E-state index in [1.807, 2.05) is 35.2 Å². The van der Waals surface area contributed by atoms with Crippen molar-refractivity contribution in [3.63, 3.8) is 0 Å². The van der Waals surface area contributed by atoms with Gasteiger partial charge in [-0.3, -0.25) is 14.6 Å². The van der Waals surface area contributed by atoms with Crippen LogP contribution in [0.1, 0.15) is 25.3 Å². The Balaban J connectivity index is 0.00000169. The molecule has 2 heterocycles. The highest BCUT2D eigenvalue weighted by molar-refractivity contribution is 5.89. The van der Waals surface area contributed by atoms with Gasteiger partial charge in [0.2, 0.25) is 11.8 Å². The lowest BCUT2D eigenvalue weighted by molar-refractivity contribution is -0.129. The van der Waals surface area contributed by atoms with E-state index in [0.717, 1.165) is 48.3 Å². The summed E-state index contributed by atoms with van der Waals surface area (Å²) < 4.78 is 0. The summed E-state index contributed by atoms with van der Waals surface area (Å²) in [6, 6.07) is 9.56. The number of carbonyl (C=O) groups excluding carboxylic acids is 2. The molecule has 0 atom stereocenters. The number of nitrogens with zero attached hydrogens (tertiary/aromatic N) is 2. The number of hydrogen-bond donors (Lipinski definition) is 1. The lowest BCUT2D eigenvalue weighted by atomic mass is 9.99. The number of carbonyl (C=O) groups is 2. The monoisotopic (exact) mass is 395 g/mol. The Kier molecular flexibility index (Phi) is 8.55. The minimum Gasteiger partial charge on any atom is -0.342 e. The molecule has 7 heteroatoms. The average Bonchev–Trinajstić information content (AvgIpc) is 3.10. The second-order valence-electron chi connectivity index (χ2n) is 6.06. The molecule has 0 spiro atoms. The van der Waals surface area contributed by atoms with E-state index in [1.54, 1.807) is 12.4 Å². The van der Waals surface area contributed by atoms with Gasteiger partial charge in [0.1, 0.15) is 0 Å². The molecule has 1 fully saturated rings. The van der Waals surface area contributed by atoms with Crippen LogP contribution in [0.25, 0.3) is 11.1 Å². The molecular weight excluding hydrogens is 373 g/mol. The second kappa shape index (κ2) is 10.1. The Hall–Kier alpha value is -2.11. The molecule has 2 amide bonds. The molecule has 1 saturated heterocycles. The summed E-state index contributed by atoms with van der Waals surface area (Å²) in [7, 11) is 0. The van der Waals surface area contributed by atoms with Crippen molar-refractivity contribution in [2.75, 3.05) is 18.4 Å². The number of aromatic nitrogens is 1. The molecule has 1 aromatic heterocycles. The summed E-state index contributed by atoms with van der Waals surface area (Å²) in [6.45, 7) is 3.21. The summed E-state index contributed by atoms with van der Waals surface area (Å²) in [5.41, 5.74) is 3.71. The first kappa shape index (κ1) is 21.9. The lowest BCUT2D eigenvalue weighted by Gasteiger charge is -2.16. The molecule has 1 aromatic carbocycles. The molecule has 1 N–H and O–H groups in total. The van der Waals surface area contributed by atoms with E-state index in [0.29, 0.717) is 6.42 Å². The zero-order valence-electron chi connectivity index (χ0n) is 14.6. The van der Waals surface area contributed by atoms with Crippen LogP contribution in [-0.4, -0.2) is 34.8 Å². The largest absolute Gasteiger partial charge is 0.342 e. The zero-order chi connectivity index (χ0) is 16.9. The molecule has 140 valence electrons. The van der Waals surface area contributed by atoms with Gasteiger partial charge in [-0.2, -0.15) is 0 Å². The number of rotatable bonds is 4. The fraction of sp³-hybridized carbons (Fsp3) is 0.316. The van der Waals surface area contributed by atoms with E-state index in [2.05, 4.69) is 10.3 Å². The van der Waals surface area contributed by atoms with Crippen molar-refractivity contribution in [2.45, 2.75) is 26.2 Å². The molecule has 0 saturated carbocycles. The van der Waals surface area contributed by atoms with Crippen LogP contribution >= 0.6 is 24.8 Å². The Morgan fingerprint density at radius 3 is 2.35 bits per heavy atom. The van der Waals surface area contributed by atoms with Crippen molar-refractivity contribution >= 4 is 42.3 Å². The number of likely N-dealkylation sites (tertiary alicyclic amines) is 1. The minimum absolute atomic E-state index is 0. The number of anilines is 1. The number of benzene rings is 1. The van der Waals surface area contributed by atoms with Crippen molar-refractivity contribution in [1.29, 1.82) is 0 Å². The highest BCUT2D eigenvalue weighted by Gasteiger charge is 2.19. The fourth-order valence-electron chi connectivity index (χ4n) is 3.03. The Morgan fingerprint density at radius 2 is 1.73 bits per heavy atom.